The number of hydrogen-bond acceptors (Lipinski definition) is 5. The highest BCUT2D eigenvalue weighted by Gasteiger charge is 2.47. The number of carbonyl (C=O) groups is 2. The fraction of sp³-hybridized carbons (Fsp3) is 0.545. The van der Waals surface area contributed by atoms with Crippen LogP contribution < -0.4 is 5.32 Å². The zero-order chi connectivity index (χ0) is 23.5. The molecule has 9 nitrogen and oxygen atoms in total. The number of aromatic nitrogens is 3. The smallest absolute Gasteiger partial charge is 0.319 e. The maximum atomic E-state index is 14.0. The van der Waals surface area contributed by atoms with Gasteiger partial charge in [0, 0.05) is 36.8 Å². The molecule has 2 saturated heterocycles. The molecule has 0 saturated carbocycles. The van der Waals surface area contributed by atoms with Gasteiger partial charge in [0.05, 0.1) is 24.0 Å². The van der Waals surface area contributed by atoms with Gasteiger partial charge in [-0.25, -0.2) is 18.6 Å². The summed E-state index contributed by atoms with van der Waals surface area (Å²) in [4.78, 5) is 35.9. The van der Waals surface area contributed by atoms with Crippen molar-refractivity contribution in [2.24, 2.45) is 0 Å². The van der Waals surface area contributed by atoms with Gasteiger partial charge in [0.2, 0.25) is 0 Å². The summed E-state index contributed by atoms with van der Waals surface area (Å²) in [5, 5.41) is 9.66. The summed E-state index contributed by atoms with van der Waals surface area (Å²) in [5.41, 5.74) is 0.178. The molecule has 5 rings (SSSR count). The number of pyridine rings is 1. The highest BCUT2D eigenvalue weighted by atomic mass is 19.1. The molecule has 33 heavy (non-hydrogen) atoms. The summed E-state index contributed by atoms with van der Waals surface area (Å²) < 4.78 is 27.1. The highest BCUT2D eigenvalue weighted by molar-refractivity contribution is 6.03. The zero-order valence-corrected chi connectivity index (χ0v) is 18.9. The van der Waals surface area contributed by atoms with Crippen LogP contribution in [0.15, 0.2) is 12.3 Å². The summed E-state index contributed by atoms with van der Waals surface area (Å²) in [6.45, 7) is 8.86. The van der Waals surface area contributed by atoms with E-state index in [4.69, 9.17) is 0 Å². The molecule has 0 aromatic carbocycles. The zero-order valence-electron chi connectivity index (χ0n) is 18.9. The van der Waals surface area contributed by atoms with Crippen LogP contribution >= 0.6 is 0 Å². The van der Waals surface area contributed by atoms with E-state index in [1.165, 1.54) is 0 Å². The van der Waals surface area contributed by atoms with Gasteiger partial charge < -0.3 is 15.1 Å². The molecule has 2 aromatic rings. The Balaban J connectivity index is 1.36. The van der Waals surface area contributed by atoms with Crippen LogP contribution in [0.4, 0.5) is 19.4 Å². The molecule has 2 N–H and O–H groups in total. The molecule has 11 heteroatoms. The molecule has 0 radical (unpaired) electrons. The van der Waals surface area contributed by atoms with Gasteiger partial charge in [0.15, 0.2) is 17.3 Å². The van der Waals surface area contributed by atoms with Crippen LogP contribution in [0.1, 0.15) is 55.4 Å². The van der Waals surface area contributed by atoms with E-state index in [0.29, 0.717) is 29.9 Å². The summed E-state index contributed by atoms with van der Waals surface area (Å²) in [7, 11) is 0. The molecule has 5 heterocycles. The van der Waals surface area contributed by atoms with E-state index in [9.17, 15) is 18.4 Å². The molecule has 0 bridgehead atoms. The average molecular weight is 460 g/mol. The van der Waals surface area contributed by atoms with E-state index >= 15 is 0 Å². The maximum Gasteiger partial charge on any atom is 0.321 e. The van der Waals surface area contributed by atoms with Crippen molar-refractivity contribution in [3.05, 3.63) is 40.8 Å². The Labute approximate surface area is 190 Å². The quantitative estimate of drug-likeness (QED) is 0.720. The number of nitrogens with zero attached hydrogens (tertiary/aromatic N) is 5. The van der Waals surface area contributed by atoms with Crippen LogP contribution in [0.5, 0.6) is 0 Å². The number of urea groups is 1. The van der Waals surface area contributed by atoms with Crippen molar-refractivity contribution in [2.45, 2.75) is 57.8 Å². The third-order valence-corrected chi connectivity index (χ3v) is 7.14. The van der Waals surface area contributed by atoms with E-state index in [-0.39, 0.29) is 24.4 Å². The van der Waals surface area contributed by atoms with Gasteiger partial charge in [-0.3, -0.25) is 14.8 Å². The van der Waals surface area contributed by atoms with Gasteiger partial charge in [-0.05, 0) is 40.2 Å². The normalized spacial score (nSPS) is 24.0. The number of fused-ring (bicyclic) bond motifs is 2. The van der Waals surface area contributed by atoms with E-state index < -0.39 is 28.8 Å². The first-order valence-corrected chi connectivity index (χ1v) is 11.2. The Bertz CT molecular complexity index is 1120. The molecule has 2 atom stereocenters. The second-order valence-electron chi connectivity index (χ2n) is 9.58. The number of hydrogen-bond donors (Lipinski definition) is 2. The summed E-state index contributed by atoms with van der Waals surface area (Å²) in [5.74, 6) is -2.56. The van der Waals surface area contributed by atoms with Crippen LogP contribution in [0, 0.1) is 11.6 Å². The predicted molar refractivity (Wildman–Crippen MR) is 115 cm³/mol. The van der Waals surface area contributed by atoms with E-state index in [1.807, 2.05) is 18.7 Å². The number of piperazine rings is 1. The fourth-order valence-corrected chi connectivity index (χ4v) is 5.28. The molecule has 3 amide bonds. The van der Waals surface area contributed by atoms with E-state index in [1.54, 1.807) is 4.90 Å². The minimum absolute atomic E-state index is 0.0489. The number of halogens is 2. The molecule has 3 aliphatic rings. The Morgan fingerprint density at radius 2 is 2.06 bits per heavy atom. The average Bonchev–Trinajstić information content (AvgIpc) is 3.43. The van der Waals surface area contributed by atoms with Crippen LogP contribution in [0.3, 0.4) is 0 Å². The molecule has 176 valence electrons. The Hall–Kier alpha value is -3.08. The lowest BCUT2D eigenvalue weighted by Gasteiger charge is -2.45. The minimum atomic E-state index is -1.06. The Kier molecular flexibility index (Phi) is 5.11. The molecule has 0 unspecified atom stereocenters. The number of nitrogens with one attached hydrogen (secondary N) is 2. The lowest BCUT2D eigenvalue weighted by molar-refractivity contribution is 0.0454. The summed E-state index contributed by atoms with van der Waals surface area (Å²) in [6.07, 6.45) is 3.05. The Morgan fingerprint density at radius 1 is 1.27 bits per heavy atom. The van der Waals surface area contributed by atoms with Crippen molar-refractivity contribution in [1.29, 1.82) is 0 Å². The van der Waals surface area contributed by atoms with Gasteiger partial charge in [0.25, 0.3) is 5.91 Å². The Morgan fingerprint density at radius 3 is 2.82 bits per heavy atom. The molecule has 2 aromatic heterocycles. The summed E-state index contributed by atoms with van der Waals surface area (Å²) >= 11 is 0. The number of anilines is 1. The van der Waals surface area contributed by atoms with E-state index in [2.05, 4.69) is 32.3 Å². The van der Waals surface area contributed by atoms with Crippen molar-refractivity contribution in [2.75, 3.05) is 25.0 Å². The highest BCUT2D eigenvalue weighted by Crippen LogP contribution is 2.41. The third-order valence-electron chi connectivity index (χ3n) is 7.14. The van der Waals surface area contributed by atoms with Gasteiger partial charge >= 0.3 is 6.03 Å². The second kappa shape index (κ2) is 7.75. The fourth-order valence-electron chi connectivity index (χ4n) is 5.28. The molecule has 2 fully saturated rings. The molecular formula is C22H27F2N7O2. The first kappa shape index (κ1) is 21.7. The van der Waals surface area contributed by atoms with Crippen LogP contribution in [0.2, 0.25) is 0 Å². The lowest BCUT2D eigenvalue weighted by atomic mass is 10.0. The minimum Gasteiger partial charge on any atom is -0.319 e. The monoisotopic (exact) mass is 459 g/mol. The van der Waals surface area contributed by atoms with Gasteiger partial charge in [-0.15, -0.1) is 0 Å². The van der Waals surface area contributed by atoms with Crippen molar-refractivity contribution in [3.63, 3.8) is 0 Å². The lowest BCUT2D eigenvalue weighted by Crippen LogP contribution is -2.60. The SMILES string of the molecule is C[C@H]1CN2CCC[C@H]2CN1C(=O)N1Cc2c(NC(=O)c3ncc(F)cc3F)n[nH]c2C1(C)C. The van der Waals surface area contributed by atoms with Crippen molar-refractivity contribution in [3.8, 4) is 0 Å². The number of carbonyl (C=O) groups excluding carboxylic acids is 2. The van der Waals surface area contributed by atoms with Crippen molar-refractivity contribution < 1.29 is 18.4 Å². The van der Waals surface area contributed by atoms with Crippen LogP contribution in [-0.2, 0) is 12.1 Å². The topological polar surface area (TPSA) is 97.5 Å². The molecule has 3 aliphatic heterocycles. The predicted octanol–water partition coefficient (Wildman–Crippen LogP) is 2.67. The largest absolute Gasteiger partial charge is 0.321 e. The first-order chi connectivity index (χ1) is 15.7. The molecule has 0 spiro atoms. The third kappa shape index (κ3) is 3.54. The van der Waals surface area contributed by atoms with E-state index in [0.717, 1.165) is 32.1 Å². The maximum absolute atomic E-state index is 14.0. The van der Waals surface area contributed by atoms with Crippen molar-refractivity contribution in [1.82, 2.24) is 29.9 Å². The number of rotatable bonds is 2. The molecular weight excluding hydrogens is 432 g/mol. The van der Waals surface area contributed by atoms with Crippen LogP contribution in [0.25, 0.3) is 0 Å². The van der Waals surface area contributed by atoms with Gasteiger partial charge in [-0.2, -0.15) is 5.10 Å². The number of amides is 3. The number of H-pyrrole nitrogens is 1. The molecule has 0 aliphatic carbocycles. The summed E-state index contributed by atoms with van der Waals surface area (Å²) in [6, 6.07) is 1.06. The van der Waals surface area contributed by atoms with Gasteiger partial charge in [0.1, 0.15) is 5.82 Å². The van der Waals surface area contributed by atoms with Gasteiger partial charge in [-0.1, -0.05) is 0 Å². The number of aromatic amines is 1. The second-order valence-corrected chi connectivity index (χ2v) is 9.58. The standard InChI is InChI=1S/C22H27F2N7O2/c1-12-9-29-6-4-5-14(29)10-30(12)21(33)31-11-15-18(22(31,2)3)27-28-19(15)26-20(32)17-16(24)7-13(23)8-25-17/h7-8,12,14H,4-6,9-11H2,1-3H3,(H2,26,27,28,32)/t12-,14-/m0/s1. The first-order valence-electron chi connectivity index (χ1n) is 11.2. The van der Waals surface area contributed by atoms with Crippen molar-refractivity contribution >= 4 is 17.8 Å². The van der Waals surface area contributed by atoms with Crippen LogP contribution in [-0.4, -0.2) is 73.5 Å².